The van der Waals surface area contributed by atoms with Crippen LogP contribution in [0.5, 0.6) is 0 Å². The average Bonchev–Trinajstić information content (AvgIpc) is 2.26. The highest BCUT2D eigenvalue weighted by Crippen LogP contribution is 2.31. The highest BCUT2D eigenvalue weighted by molar-refractivity contribution is 7.89. The van der Waals surface area contributed by atoms with Gasteiger partial charge in [0.05, 0.1) is 11.6 Å². The molecule has 0 aliphatic heterocycles. The van der Waals surface area contributed by atoms with Crippen LogP contribution in [0, 0.1) is 11.3 Å². The van der Waals surface area contributed by atoms with Gasteiger partial charge in [-0.05, 0) is 11.6 Å². The van der Waals surface area contributed by atoms with Gasteiger partial charge in [-0.25, -0.2) is 13.1 Å². The van der Waals surface area contributed by atoms with Crippen molar-refractivity contribution in [3.8, 4) is 6.07 Å². The van der Waals surface area contributed by atoms with Crippen LogP contribution in [0.3, 0.4) is 0 Å². The number of nitrogens with zero attached hydrogens (tertiary/aromatic N) is 1. The lowest BCUT2D eigenvalue weighted by atomic mass is 10.1. The van der Waals surface area contributed by atoms with Crippen LogP contribution in [0.2, 0.25) is 0 Å². The predicted molar refractivity (Wildman–Crippen MR) is 57.7 cm³/mol. The molecule has 18 heavy (non-hydrogen) atoms. The van der Waals surface area contributed by atoms with E-state index in [0.29, 0.717) is 0 Å². The molecule has 0 radical (unpaired) electrons. The normalized spacial score (nSPS) is 12.1. The van der Waals surface area contributed by atoms with Gasteiger partial charge in [-0.2, -0.15) is 18.4 Å². The molecule has 98 valence electrons. The van der Waals surface area contributed by atoms with Gasteiger partial charge in [0.1, 0.15) is 0 Å². The first kappa shape index (κ1) is 14.5. The molecule has 0 atom stereocenters. The van der Waals surface area contributed by atoms with E-state index in [-0.39, 0.29) is 5.56 Å². The highest BCUT2D eigenvalue weighted by atomic mass is 32.2. The zero-order valence-electron chi connectivity index (χ0n) is 9.03. The third-order valence-electron chi connectivity index (χ3n) is 2.06. The molecular formula is C10H9F3N2O2S. The summed E-state index contributed by atoms with van der Waals surface area (Å²) in [6.45, 7) is -0.500. The topological polar surface area (TPSA) is 70.0 Å². The van der Waals surface area contributed by atoms with Crippen molar-refractivity contribution in [1.29, 1.82) is 5.26 Å². The Bertz CT molecular complexity index is 561. The molecule has 1 aromatic carbocycles. The van der Waals surface area contributed by atoms with Crippen molar-refractivity contribution in [2.75, 3.05) is 5.75 Å². The fourth-order valence-corrected chi connectivity index (χ4v) is 1.92. The monoisotopic (exact) mass is 278 g/mol. The largest absolute Gasteiger partial charge is 0.416 e. The summed E-state index contributed by atoms with van der Waals surface area (Å²) in [4.78, 5) is 0. The quantitative estimate of drug-likeness (QED) is 0.910. The van der Waals surface area contributed by atoms with Crippen molar-refractivity contribution in [2.24, 2.45) is 0 Å². The molecule has 0 amide bonds. The molecule has 8 heteroatoms. The second-order valence-electron chi connectivity index (χ2n) is 3.39. The fourth-order valence-electron chi connectivity index (χ4n) is 1.27. The Balaban J connectivity index is 2.91. The Morgan fingerprint density at radius 1 is 1.28 bits per heavy atom. The first-order chi connectivity index (χ1) is 8.26. The van der Waals surface area contributed by atoms with E-state index in [4.69, 9.17) is 5.26 Å². The zero-order valence-corrected chi connectivity index (χ0v) is 9.85. The van der Waals surface area contributed by atoms with Gasteiger partial charge in [-0.3, -0.25) is 0 Å². The number of nitriles is 1. The molecule has 1 N–H and O–H groups in total. The Labute approximate surface area is 102 Å². The summed E-state index contributed by atoms with van der Waals surface area (Å²) in [5.74, 6) is -0.790. The molecule has 0 unspecified atom stereocenters. The van der Waals surface area contributed by atoms with E-state index >= 15 is 0 Å². The number of nitrogens with one attached hydrogen (secondary N) is 1. The Morgan fingerprint density at radius 3 is 2.44 bits per heavy atom. The maximum Gasteiger partial charge on any atom is 0.416 e. The summed E-state index contributed by atoms with van der Waals surface area (Å²) in [5, 5.41) is 8.23. The minimum absolute atomic E-state index is 0.188. The molecule has 0 saturated heterocycles. The fraction of sp³-hybridized carbons (Fsp3) is 0.300. The van der Waals surface area contributed by atoms with Crippen molar-refractivity contribution >= 4 is 10.0 Å². The molecule has 0 fully saturated rings. The van der Waals surface area contributed by atoms with E-state index in [1.165, 1.54) is 24.3 Å². The molecule has 0 heterocycles. The summed E-state index contributed by atoms with van der Waals surface area (Å²) < 4.78 is 62.0. The van der Waals surface area contributed by atoms with Crippen molar-refractivity contribution in [3.05, 3.63) is 35.4 Å². The van der Waals surface area contributed by atoms with Crippen LogP contribution in [-0.2, 0) is 22.7 Å². The molecule has 1 rings (SSSR count). The minimum Gasteiger partial charge on any atom is -0.211 e. The lowest BCUT2D eigenvalue weighted by molar-refractivity contribution is -0.138. The number of hydrogen-bond acceptors (Lipinski definition) is 3. The molecule has 1 aromatic rings. The van der Waals surface area contributed by atoms with Crippen LogP contribution in [0.25, 0.3) is 0 Å². The molecule has 0 aromatic heterocycles. The van der Waals surface area contributed by atoms with E-state index in [1.54, 1.807) is 0 Å². The van der Waals surface area contributed by atoms with Crippen LogP contribution < -0.4 is 4.72 Å². The van der Waals surface area contributed by atoms with Crippen molar-refractivity contribution in [1.82, 2.24) is 4.72 Å². The summed E-state index contributed by atoms with van der Waals surface area (Å²) >= 11 is 0. The van der Waals surface area contributed by atoms with Gasteiger partial charge in [0, 0.05) is 6.54 Å². The van der Waals surface area contributed by atoms with E-state index in [1.807, 2.05) is 4.72 Å². The average molecular weight is 278 g/mol. The number of hydrogen-bond donors (Lipinski definition) is 1. The molecule has 0 aliphatic carbocycles. The first-order valence-electron chi connectivity index (χ1n) is 4.75. The smallest absolute Gasteiger partial charge is 0.211 e. The minimum atomic E-state index is -4.54. The maximum atomic E-state index is 12.6. The Morgan fingerprint density at radius 2 is 1.89 bits per heavy atom. The number of alkyl halides is 3. The van der Waals surface area contributed by atoms with Crippen molar-refractivity contribution in [3.63, 3.8) is 0 Å². The van der Waals surface area contributed by atoms with E-state index in [0.717, 1.165) is 6.07 Å². The second-order valence-corrected chi connectivity index (χ2v) is 5.20. The van der Waals surface area contributed by atoms with Gasteiger partial charge in [-0.1, -0.05) is 18.2 Å². The summed E-state index contributed by atoms with van der Waals surface area (Å²) in [6, 6.07) is 6.06. The number of rotatable bonds is 4. The molecule has 0 saturated carbocycles. The number of benzene rings is 1. The second kappa shape index (κ2) is 5.37. The highest BCUT2D eigenvalue weighted by Gasteiger charge is 2.32. The lowest BCUT2D eigenvalue weighted by Crippen LogP contribution is -2.26. The van der Waals surface area contributed by atoms with E-state index < -0.39 is 34.1 Å². The molecule has 4 nitrogen and oxygen atoms in total. The van der Waals surface area contributed by atoms with Crippen LogP contribution >= 0.6 is 0 Å². The molecule has 0 spiro atoms. The summed E-state index contributed by atoms with van der Waals surface area (Å²) in [6.07, 6.45) is -4.54. The number of halogens is 3. The van der Waals surface area contributed by atoms with Crippen molar-refractivity contribution in [2.45, 2.75) is 12.7 Å². The lowest BCUT2D eigenvalue weighted by Gasteiger charge is -2.12. The maximum absolute atomic E-state index is 12.6. The molecule has 0 bridgehead atoms. The van der Waals surface area contributed by atoms with Gasteiger partial charge < -0.3 is 0 Å². The number of sulfonamides is 1. The third kappa shape index (κ3) is 4.01. The van der Waals surface area contributed by atoms with Gasteiger partial charge in [-0.15, -0.1) is 0 Å². The Kier molecular flexibility index (Phi) is 4.32. The standard InChI is InChI=1S/C10H9F3N2O2S/c11-10(12,13)9-4-2-1-3-8(9)7-15-18(16,17)6-5-14/h1-4,15H,6-7H2. The van der Waals surface area contributed by atoms with Crippen LogP contribution in [0.1, 0.15) is 11.1 Å². The van der Waals surface area contributed by atoms with Crippen LogP contribution in [-0.4, -0.2) is 14.2 Å². The van der Waals surface area contributed by atoms with Gasteiger partial charge in [0.2, 0.25) is 10.0 Å². The molecular weight excluding hydrogens is 269 g/mol. The van der Waals surface area contributed by atoms with Crippen molar-refractivity contribution < 1.29 is 21.6 Å². The van der Waals surface area contributed by atoms with Gasteiger partial charge >= 0.3 is 6.18 Å². The zero-order chi connectivity index (χ0) is 13.8. The van der Waals surface area contributed by atoms with Gasteiger partial charge in [0.15, 0.2) is 5.75 Å². The third-order valence-corrected chi connectivity index (χ3v) is 3.15. The predicted octanol–water partition coefficient (Wildman–Crippen LogP) is 1.65. The van der Waals surface area contributed by atoms with E-state index in [2.05, 4.69) is 0 Å². The first-order valence-corrected chi connectivity index (χ1v) is 6.41. The Hall–Kier alpha value is -1.59. The summed E-state index contributed by atoms with van der Waals surface area (Å²) in [5.41, 5.74) is -1.09. The summed E-state index contributed by atoms with van der Waals surface area (Å²) in [7, 11) is -3.87. The SMILES string of the molecule is N#CCS(=O)(=O)NCc1ccccc1C(F)(F)F. The van der Waals surface area contributed by atoms with Gasteiger partial charge in [0.25, 0.3) is 0 Å². The van der Waals surface area contributed by atoms with Crippen LogP contribution in [0.4, 0.5) is 13.2 Å². The van der Waals surface area contributed by atoms with E-state index in [9.17, 15) is 21.6 Å². The van der Waals surface area contributed by atoms with Crippen LogP contribution in [0.15, 0.2) is 24.3 Å². The molecule has 0 aliphatic rings.